The number of rotatable bonds is 6. The molecule has 1 unspecified atom stereocenters. The molecule has 0 saturated heterocycles. The lowest BCUT2D eigenvalue weighted by atomic mass is 9.94. The quantitative estimate of drug-likeness (QED) is 0.527. The third kappa shape index (κ3) is 5.97. The molecule has 4 rings (SSSR count). The normalized spacial score (nSPS) is 22.0. The number of carbonyl (C=O) groups is 3. The van der Waals surface area contributed by atoms with E-state index < -0.39 is 23.8 Å². The molecule has 10 heteroatoms. The van der Waals surface area contributed by atoms with Crippen LogP contribution in [-0.4, -0.2) is 50.8 Å². The van der Waals surface area contributed by atoms with Crippen LogP contribution in [0.2, 0.25) is 0 Å². The maximum absolute atomic E-state index is 13.2. The molecule has 0 aliphatic carbocycles. The summed E-state index contributed by atoms with van der Waals surface area (Å²) in [6, 6.07) is 7.25. The summed E-state index contributed by atoms with van der Waals surface area (Å²) in [7, 11) is 0. The highest BCUT2D eigenvalue weighted by molar-refractivity contribution is 9.18. The minimum atomic E-state index is -1.08. The minimum Gasteiger partial charge on any atom is -0.481 e. The van der Waals surface area contributed by atoms with Crippen molar-refractivity contribution in [1.29, 1.82) is 0 Å². The molecular formula is C24H29BrN4O5. The van der Waals surface area contributed by atoms with Gasteiger partial charge in [-0.05, 0) is 53.2 Å². The molecule has 0 fully saturated rings. The lowest BCUT2D eigenvalue weighted by Gasteiger charge is -2.23. The largest absolute Gasteiger partial charge is 0.481 e. The van der Waals surface area contributed by atoms with E-state index in [1.54, 1.807) is 0 Å². The van der Waals surface area contributed by atoms with Crippen molar-refractivity contribution in [2.75, 3.05) is 6.54 Å². The SMILES string of the molecule is O=C(O)C[C@@H](CC1CC(Br)=NO1)C(=O)N[C@H]1Cc2cn(c3ccccc23)CCCCCNC1=O. The number of aliphatic carboxylic acids is 1. The summed E-state index contributed by atoms with van der Waals surface area (Å²) < 4.78 is 2.84. The zero-order valence-corrected chi connectivity index (χ0v) is 20.4. The van der Waals surface area contributed by atoms with Gasteiger partial charge >= 0.3 is 5.97 Å². The van der Waals surface area contributed by atoms with Crippen LogP contribution in [0.25, 0.3) is 10.9 Å². The monoisotopic (exact) mass is 532 g/mol. The van der Waals surface area contributed by atoms with Crippen molar-refractivity contribution in [3.05, 3.63) is 36.0 Å². The first-order chi connectivity index (χ1) is 16.4. The summed E-state index contributed by atoms with van der Waals surface area (Å²) in [5.41, 5.74) is 2.08. The van der Waals surface area contributed by atoms with Gasteiger partial charge in [0.25, 0.3) is 0 Å². The molecule has 3 N–H and O–H groups in total. The van der Waals surface area contributed by atoms with Crippen molar-refractivity contribution < 1.29 is 24.3 Å². The third-order valence-electron chi connectivity index (χ3n) is 6.34. The van der Waals surface area contributed by atoms with Crippen LogP contribution in [-0.2, 0) is 32.2 Å². The van der Waals surface area contributed by atoms with Gasteiger partial charge in [-0.25, -0.2) is 0 Å². The highest BCUT2D eigenvalue weighted by atomic mass is 79.9. The van der Waals surface area contributed by atoms with Gasteiger partial charge in [0.15, 0.2) is 0 Å². The Balaban J connectivity index is 1.56. The smallest absolute Gasteiger partial charge is 0.304 e. The number of nitrogens with one attached hydrogen (secondary N) is 2. The number of carboxylic acids is 1. The standard InChI is InChI=1S/C24H29BrN4O5/c25-21-13-17(34-28-21)10-15(12-22(30)31)23(32)27-19-11-16-14-29(20-7-3-2-6-18(16)20)9-5-1-4-8-26-24(19)33/h2-3,6-7,14-15,17,19H,1,4-5,8-13H2,(H,26,33)(H,27,32)(H,30,31)/t15-,17?,19+/m1/s1. The van der Waals surface area contributed by atoms with E-state index in [0.717, 1.165) is 42.3 Å². The van der Waals surface area contributed by atoms with E-state index in [9.17, 15) is 19.5 Å². The topological polar surface area (TPSA) is 122 Å². The molecule has 3 heterocycles. The Labute approximate surface area is 206 Å². The van der Waals surface area contributed by atoms with E-state index in [0.29, 0.717) is 24.0 Å². The predicted octanol–water partition coefficient (Wildman–Crippen LogP) is 2.95. The number of carboxylic acid groups (broad SMARTS) is 1. The Morgan fingerprint density at radius 3 is 2.85 bits per heavy atom. The zero-order valence-electron chi connectivity index (χ0n) is 18.8. The molecule has 1 aromatic heterocycles. The summed E-state index contributed by atoms with van der Waals surface area (Å²) >= 11 is 3.26. The number of hydrogen-bond donors (Lipinski definition) is 3. The molecule has 0 saturated carbocycles. The Bertz CT molecular complexity index is 1100. The van der Waals surface area contributed by atoms with Crippen LogP contribution >= 0.6 is 15.9 Å². The Morgan fingerprint density at radius 2 is 2.09 bits per heavy atom. The second-order valence-electron chi connectivity index (χ2n) is 8.91. The predicted molar refractivity (Wildman–Crippen MR) is 131 cm³/mol. The number of benzene rings is 1. The molecule has 3 atom stereocenters. The van der Waals surface area contributed by atoms with Crippen molar-refractivity contribution in [2.45, 2.75) is 63.6 Å². The van der Waals surface area contributed by atoms with Gasteiger partial charge in [0, 0.05) is 43.0 Å². The van der Waals surface area contributed by atoms with Crippen molar-refractivity contribution in [1.82, 2.24) is 15.2 Å². The van der Waals surface area contributed by atoms with Crippen LogP contribution in [0.3, 0.4) is 0 Å². The van der Waals surface area contributed by atoms with Crippen LogP contribution in [0.4, 0.5) is 0 Å². The van der Waals surface area contributed by atoms with Crippen LogP contribution in [0.1, 0.15) is 44.1 Å². The molecule has 2 bridgehead atoms. The van der Waals surface area contributed by atoms with Crippen molar-refractivity contribution >= 4 is 49.2 Å². The molecule has 2 aromatic rings. The van der Waals surface area contributed by atoms with Gasteiger partial charge in [0.05, 0.1) is 12.3 Å². The molecule has 2 aliphatic rings. The lowest BCUT2D eigenvalue weighted by molar-refractivity contribution is -0.142. The zero-order chi connectivity index (χ0) is 24.1. The van der Waals surface area contributed by atoms with E-state index in [4.69, 9.17) is 4.84 Å². The molecule has 2 aliphatic heterocycles. The summed E-state index contributed by atoms with van der Waals surface area (Å²) in [4.78, 5) is 43.0. The van der Waals surface area contributed by atoms with Gasteiger partial charge in [-0.2, -0.15) is 0 Å². The summed E-state index contributed by atoms with van der Waals surface area (Å²) in [6.45, 7) is 1.43. The number of amides is 2. The van der Waals surface area contributed by atoms with E-state index in [1.807, 2.05) is 18.2 Å². The number of hydrogen-bond acceptors (Lipinski definition) is 5. The molecule has 34 heavy (non-hydrogen) atoms. The molecule has 0 spiro atoms. The Hall–Kier alpha value is -2.88. The molecule has 0 radical (unpaired) electrons. The highest BCUT2D eigenvalue weighted by Crippen LogP contribution is 2.25. The first-order valence-corrected chi connectivity index (χ1v) is 12.4. The van der Waals surface area contributed by atoms with Gasteiger partial charge in [0.1, 0.15) is 16.8 Å². The third-order valence-corrected chi connectivity index (χ3v) is 6.81. The lowest BCUT2D eigenvalue weighted by Crippen LogP contribution is -2.50. The maximum atomic E-state index is 13.2. The second kappa shape index (κ2) is 11.0. The Morgan fingerprint density at radius 1 is 1.26 bits per heavy atom. The minimum absolute atomic E-state index is 0.199. The number of nitrogens with zero attached hydrogens (tertiary/aromatic N) is 2. The van der Waals surface area contributed by atoms with E-state index in [1.165, 1.54) is 0 Å². The number of para-hydroxylation sites is 1. The molecule has 9 nitrogen and oxygen atoms in total. The first-order valence-electron chi connectivity index (χ1n) is 11.7. The summed E-state index contributed by atoms with van der Waals surface area (Å²) in [6.07, 6.45) is 5.19. The van der Waals surface area contributed by atoms with Crippen LogP contribution in [0, 0.1) is 5.92 Å². The maximum Gasteiger partial charge on any atom is 0.304 e. The number of aryl methyl sites for hydroxylation is 1. The molecule has 1 aromatic carbocycles. The van der Waals surface area contributed by atoms with E-state index in [-0.39, 0.29) is 24.9 Å². The summed E-state index contributed by atoms with van der Waals surface area (Å²) in [5, 5.41) is 20.0. The van der Waals surface area contributed by atoms with Crippen LogP contribution in [0.5, 0.6) is 0 Å². The van der Waals surface area contributed by atoms with Gasteiger partial charge in [-0.1, -0.05) is 23.4 Å². The Kier molecular flexibility index (Phi) is 7.87. The first kappa shape index (κ1) is 24.3. The average Bonchev–Trinajstić information content (AvgIpc) is 3.37. The number of carbonyl (C=O) groups excluding carboxylic acids is 2. The highest BCUT2D eigenvalue weighted by Gasteiger charge is 2.32. The van der Waals surface area contributed by atoms with Crippen molar-refractivity contribution in [2.24, 2.45) is 11.1 Å². The van der Waals surface area contributed by atoms with Crippen molar-refractivity contribution in [3.63, 3.8) is 0 Å². The van der Waals surface area contributed by atoms with E-state index >= 15 is 0 Å². The summed E-state index contributed by atoms with van der Waals surface area (Å²) in [5.74, 6) is -2.65. The van der Waals surface area contributed by atoms with Gasteiger partial charge in [0.2, 0.25) is 11.8 Å². The fourth-order valence-electron chi connectivity index (χ4n) is 4.64. The van der Waals surface area contributed by atoms with Crippen molar-refractivity contribution in [3.8, 4) is 0 Å². The van der Waals surface area contributed by atoms with Crippen LogP contribution in [0.15, 0.2) is 35.6 Å². The van der Waals surface area contributed by atoms with Gasteiger partial charge in [-0.15, -0.1) is 0 Å². The van der Waals surface area contributed by atoms with Gasteiger partial charge < -0.3 is 25.1 Å². The number of oxime groups is 1. The molecular weight excluding hydrogens is 504 g/mol. The average molecular weight is 533 g/mol. The van der Waals surface area contributed by atoms with Gasteiger partial charge in [-0.3, -0.25) is 14.4 Å². The fraction of sp³-hybridized carbons (Fsp3) is 0.500. The fourth-order valence-corrected chi connectivity index (χ4v) is 5.08. The number of halogens is 1. The van der Waals surface area contributed by atoms with Crippen LogP contribution < -0.4 is 10.6 Å². The second-order valence-corrected chi connectivity index (χ2v) is 9.83. The number of aromatic nitrogens is 1. The molecule has 182 valence electrons. The number of fused-ring (bicyclic) bond motifs is 5. The van der Waals surface area contributed by atoms with E-state index in [2.05, 4.69) is 48.5 Å². The molecule has 2 amide bonds.